The number of ether oxygens (including phenoxy) is 1. The van der Waals surface area contributed by atoms with E-state index in [9.17, 15) is 4.79 Å². The van der Waals surface area contributed by atoms with Gasteiger partial charge in [0, 0.05) is 21.4 Å². The normalized spacial score (nSPS) is 11.0. The number of aryl methyl sites for hydroxylation is 1. The highest BCUT2D eigenvalue weighted by molar-refractivity contribution is 9.10. The Hall–Kier alpha value is -4.20. The van der Waals surface area contributed by atoms with Crippen LogP contribution < -0.4 is 10.2 Å². The van der Waals surface area contributed by atoms with E-state index in [1.165, 1.54) is 0 Å². The molecule has 0 spiro atoms. The van der Waals surface area contributed by atoms with Crippen molar-refractivity contribution in [2.75, 3.05) is 0 Å². The van der Waals surface area contributed by atoms with Crippen molar-refractivity contribution in [2.45, 2.75) is 20.0 Å². The number of hydrogen-bond donors (Lipinski definition) is 1. The average Bonchev–Trinajstić information content (AvgIpc) is 3.39. The number of nitrogens with zero attached hydrogens (tertiary/aromatic N) is 2. The van der Waals surface area contributed by atoms with E-state index in [2.05, 4.69) is 84.7 Å². The van der Waals surface area contributed by atoms with E-state index < -0.39 is 0 Å². The summed E-state index contributed by atoms with van der Waals surface area (Å²) in [5.74, 6) is 0.470. The molecule has 42 heavy (non-hydrogen) atoms. The van der Waals surface area contributed by atoms with E-state index in [1.807, 2.05) is 84.9 Å². The fourth-order valence-corrected chi connectivity index (χ4v) is 5.56. The summed E-state index contributed by atoms with van der Waals surface area (Å²) >= 11 is 7.10. The minimum Gasteiger partial charge on any atom is -0.487 e. The highest BCUT2D eigenvalue weighted by Gasteiger charge is 2.12. The Morgan fingerprint density at radius 2 is 1.69 bits per heavy atom. The highest BCUT2D eigenvalue weighted by atomic mass is 79.9. The van der Waals surface area contributed by atoms with Gasteiger partial charge in [-0.3, -0.25) is 4.79 Å². The zero-order valence-corrected chi connectivity index (χ0v) is 26.2. The maximum atomic E-state index is 12.8. The first kappa shape index (κ1) is 29.3. The van der Waals surface area contributed by atoms with Crippen LogP contribution in [0, 0.1) is 6.92 Å². The van der Waals surface area contributed by atoms with Crippen molar-refractivity contribution < 1.29 is 9.53 Å². The molecule has 5 nitrogen and oxygen atoms in total. The van der Waals surface area contributed by atoms with E-state index in [0.717, 1.165) is 54.0 Å². The van der Waals surface area contributed by atoms with E-state index in [-0.39, 0.29) is 5.91 Å². The van der Waals surface area contributed by atoms with Crippen LogP contribution in [0.2, 0.25) is 0 Å². The molecule has 0 aliphatic heterocycles. The lowest BCUT2D eigenvalue weighted by Gasteiger charge is -2.14. The number of hydrazone groups is 1. The number of aromatic nitrogens is 1. The summed E-state index contributed by atoms with van der Waals surface area (Å²) in [5, 5.41) is 4.21. The maximum Gasteiger partial charge on any atom is 0.271 e. The Morgan fingerprint density at radius 3 is 2.40 bits per heavy atom. The van der Waals surface area contributed by atoms with Crippen LogP contribution in [0.15, 0.2) is 130 Å². The molecule has 0 saturated carbocycles. The minimum atomic E-state index is -0.287. The molecule has 7 heteroatoms. The zero-order chi connectivity index (χ0) is 29.5. The molecule has 210 valence electrons. The fourth-order valence-electron chi connectivity index (χ4n) is 4.66. The molecular weight excluding hydrogens is 654 g/mol. The van der Waals surface area contributed by atoms with Crippen molar-refractivity contribution in [2.24, 2.45) is 5.10 Å². The largest absolute Gasteiger partial charge is 0.487 e. The van der Waals surface area contributed by atoms with E-state index >= 15 is 0 Å². The number of benzene rings is 4. The summed E-state index contributed by atoms with van der Waals surface area (Å²) in [5.41, 5.74) is 10.3. The van der Waals surface area contributed by atoms with Gasteiger partial charge in [0.15, 0.2) is 0 Å². The zero-order valence-electron chi connectivity index (χ0n) is 23.1. The first-order chi connectivity index (χ1) is 20.4. The van der Waals surface area contributed by atoms with Gasteiger partial charge in [-0.2, -0.15) is 5.10 Å². The van der Waals surface area contributed by atoms with Crippen LogP contribution in [0.25, 0.3) is 16.9 Å². The number of halogens is 2. The molecule has 5 aromatic rings. The fraction of sp³-hybridized carbons (Fsp3) is 0.0857. The second-order valence-electron chi connectivity index (χ2n) is 9.71. The first-order valence-electron chi connectivity index (χ1n) is 13.4. The number of carbonyl (C=O) groups excluding carboxylic acids is 1. The maximum absolute atomic E-state index is 12.8. The Bertz CT molecular complexity index is 1730. The molecule has 4 aromatic carbocycles. The summed E-state index contributed by atoms with van der Waals surface area (Å²) < 4.78 is 10.2. The first-order valence-corrected chi connectivity index (χ1v) is 15.0. The Balaban J connectivity index is 1.26. The standard InChI is InChI=1S/C35H29Br2N3O2/c1-3-7-29-20-26(21-32(37)34(29)42-23-25-11-15-30(36)16-12-25)22-38-39-35(41)28-13-17-31(18-14-28)40-24(2)10-19-33(40)27-8-5-4-6-9-27/h3-6,8-22H,1,7,23H2,2H3,(H,39,41)/b38-22+. The SMILES string of the molecule is C=CCc1cc(/C=N/NC(=O)c2ccc(-n3c(C)ccc3-c3ccccc3)cc2)cc(Br)c1OCc1ccc(Br)cc1. The summed E-state index contributed by atoms with van der Waals surface area (Å²) in [4.78, 5) is 12.8. The lowest BCUT2D eigenvalue weighted by molar-refractivity contribution is 0.0955. The van der Waals surface area contributed by atoms with Crippen molar-refractivity contribution in [1.29, 1.82) is 0 Å². The molecule has 5 rings (SSSR count). The predicted octanol–water partition coefficient (Wildman–Crippen LogP) is 9.05. The summed E-state index contributed by atoms with van der Waals surface area (Å²) in [6.07, 6.45) is 4.08. The van der Waals surface area contributed by atoms with Crippen molar-refractivity contribution in [3.8, 4) is 22.7 Å². The Labute approximate surface area is 262 Å². The molecule has 0 aliphatic rings. The van der Waals surface area contributed by atoms with Crippen LogP contribution in [0.3, 0.4) is 0 Å². The van der Waals surface area contributed by atoms with Gasteiger partial charge < -0.3 is 9.30 Å². The van der Waals surface area contributed by atoms with Gasteiger partial charge in [-0.05, 0) is 112 Å². The number of amides is 1. The molecule has 1 heterocycles. The molecule has 0 atom stereocenters. The Kier molecular flexibility index (Phi) is 9.52. The third kappa shape index (κ3) is 6.98. The quantitative estimate of drug-likeness (QED) is 0.0908. The molecule has 0 bridgehead atoms. The van der Waals surface area contributed by atoms with Crippen molar-refractivity contribution >= 4 is 44.0 Å². The Morgan fingerprint density at radius 1 is 0.952 bits per heavy atom. The number of rotatable bonds is 10. The van der Waals surface area contributed by atoms with Crippen LogP contribution in [0.5, 0.6) is 5.75 Å². The van der Waals surface area contributed by atoms with Gasteiger partial charge in [0.05, 0.1) is 16.4 Å². The molecular formula is C35H29Br2N3O2. The number of nitrogens with one attached hydrogen (secondary N) is 1. The second-order valence-corrected chi connectivity index (χ2v) is 11.5. The topological polar surface area (TPSA) is 55.6 Å². The summed E-state index contributed by atoms with van der Waals surface area (Å²) in [6.45, 7) is 6.39. The average molecular weight is 683 g/mol. The molecule has 0 saturated heterocycles. The van der Waals surface area contributed by atoms with Crippen LogP contribution in [-0.4, -0.2) is 16.7 Å². The van der Waals surface area contributed by atoms with Gasteiger partial charge in [-0.1, -0.05) is 64.5 Å². The van der Waals surface area contributed by atoms with Gasteiger partial charge >= 0.3 is 0 Å². The van der Waals surface area contributed by atoms with Gasteiger partial charge in [-0.15, -0.1) is 6.58 Å². The highest BCUT2D eigenvalue weighted by Crippen LogP contribution is 2.32. The summed E-state index contributed by atoms with van der Waals surface area (Å²) in [6, 6.07) is 33.9. The number of allylic oxidation sites excluding steroid dienone is 1. The van der Waals surface area contributed by atoms with E-state index in [0.29, 0.717) is 18.6 Å². The molecule has 0 radical (unpaired) electrons. The lowest BCUT2D eigenvalue weighted by Crippen LogP contribution is -2.17. The summed E-state index contributed by atoms with van der Waals surface area (Å²) in [7, 11) is 0. The van der Waals surface area contributed by atoms with Crippen LogP contribution >= 0.6 is 31.9 Å². The lowest BCUT2D eigenvalue weighted by atomic mass is 10.1. The third-order valence-electron chi connectivity index (χ3n) is 6.72. The molecule has 1 N–H and O–H groups in total. The predicted molar refractivity (Wildman–Crippen MR) is 178 cm³/mol. The van der Waals surface area contributed by atoms with Crippen molar-refractivity contribution in [3.63, 3.8) is 0 Å². The smallest absolute Gasteiger partial charge is 0.271 e. The minimum absolute atomic E-state index is 0.287. The van der Waals surface area contributed by atoms with Gasteiger partial charge in [-0.25, -0.2) is 5.43 Å². The number of carbonyl (C=O) groups is 1. The number of hydrogen-bond acceptors (Lipinski definition) is 3. The molecule has 1 amide bonds. The molecule has 0 fully saturated rings. The van der Waals surface area contributed by atoms with Crippen molar-refractivity contribution in [1.82, 2.24) is 9.99 Å². The molecule has 1 aromatic heterocycles. The third-order valence-corrected chi connectivity index (χ3v) is 7.83. The van der Waals surface area contributed by atoms with Gasteiger partial charge in [0.2, 0.25) is 0 Å². The van der Waals surface area contributed by atoms with Gasteiger partial charge in [0.1, 0.15) is 12.4 Å². The van der Waals surface area contributed by atoms with Crippen LogP contribution in [0.1, 0.15) is 32.7 Å². The van der Waals surface area contributed by atoms with E-state index in [4.69, 9.17) is 4.74 Å². The van der Waals surface area contributed by atoms with Crippen molar-refractivity contribution in [3.05, 3.63) is 153 Å². The molecule has 0 unspecified atom stereocenters. The van der Waals surface area contributed by atoms with E-state index in [1.54, 1.807) is 6.21 Å². The van der Waals surface area contributed by atoms with Crippen LogP contribution in [0.4, 0.5) is 0 Å². The second kappa shape index (κ2) is 13.6. The molecule has 0 aliphatic carbocycles. The monoisotopic (exact) mass is 681 g/mol. The van der Waals surface area contributed by atoms with Gasteiger partial charge in [0.25, 0.3) is 5.91 Å². The van der Waals surface area contributed by atoms with Crippen LogP contribution in [-0.2, 0) is 13.0 Å².